The Morgan fingerprint density at radius 1 is 1.14 bits per heavy atom. The fourth-order valence-corrected chi connectivity index (χ4v) is 3.82. The van der Waals surface area contributed by atoms with Gasteiger partial charge in [-0.2, -0.15) is 0 Å². The lowest BCUT2D eigenvalue weighted by molar-refractivity contribution is -0.121. The van der Waals surface area contributed by atoms with E-state index in [1.165, 1.54) is 11.3 Å². The Balaban J connectivity index is 1.68. The molecule has 1 atom stereocenters. The number of rotatable bonds is 7. The van der Waals surface area contributed by atoms with Crippen molar-refractivity contribution in [2.45, 2.75) is 25.4 Å². The highest BCUT2D eigenvalue weighted by Crippen LogP contribution is 2.28. The van der Waals surface area contributed by atoms with Crippen LogP contribution in [0.3, 0.4) is 0 Å². The minimum absolute atomic E-state index is 0.114. The van der Waals surface area contributed by atoms with E-state index in [4.69, 9.17) is 23.2 Å². The Morgan fingerprint density at radius 3 is 2.54 bits per heavy atom. The van der Waals surface area contributed by atoms with Crippen LogP contribution in [0.4, 0.5) is 0 Å². The van der Waals surface area contributed by atoms with Gasteiger partial charge in [0.1, 0.15) is 11.0 Å². The normalized spacial score (nSPS) is 12.6. The fraction of sp³-hybridized carbons (Fsp3) is 0.238. The van der Waals surface area contributed by atoms with Crippen molar-refractivity contribution >= 4 is 40.4 Å². The highest BCUT2D eigenvalue weighted by Gasteiger charge is 2.24. The topological polar surface area (TPSA) is 54.0 Å². The Kier molecular flexibility index (Phi) is 6.73. The smallest absolute Gasteiger partial charge is 0.234 e. The summed E-state index contributed by atoms with van der Waals surface area (Å²) in [4.78, 5) is 17.1. The van der Waals surface area contributed by atoms with Gasteiger partial charge in [0.05, 0.1) is 16.6 Å². The number of amides is 1. The molecule has 2 N–H and O–H groups in total. The first-order valence-electron chi connectivity index (χ1n) is 8.81. The molecule has 2 aromatic carbocycles. The standard InChI is InChI=1S/C21H21Cl2N3OS/c1-21(2,15-8-9-16(22)17(23)12-15)25-13-18(27)26-19(20-24-10-11-28-20)14-6-4-3-5-7-14/h3-12,19,25H,13H2,1-2H3,(H,26,27). The first-order chi connectivity index (χ1) is 13.4. The second kappa shape index (κ2) is 9.05. The van der Waals surface area contributed by atoms with E-state index in [-0.39, 0.29) is 18.5 Å². The third-order valence-electron chi connectivity index (χ3n) is 4.47. The van der Waals surface area contributed by atoms with Crippen molar-refractivity contribution in [3.63, 3.8) is 0 Å². The number of thiazole rings is 1. The summed E-state index contributed by atoms with van der Waals surface area (Å²) in [5.74, 6) is -0.114. The average Bonchev–Trinajstić information content (AvgIpc) is 3.22. The van der Waals surface area contributed by atoms with Crippen LogP contribution in [0.25, 0.3) is 0 Å². The first-order valence-corrected chi connectivity index (χ1v) is 10.4. The summed E-state index contributed by atoms with van der Waals surface area (Å²) in [5.41, 5.74) is 1.50. The van der Waals surface area contributed by atoms with Gasteiger partial charge in [-0.3, -0.25) is 10.1 Å². The molecular weight excluding hydrogens is 413 g/mol. The SMILES string of the molecule is CC(C)(NCC(=O)NC(c1ccccc1)c1nccs1)c1ccc(Cl)c(Cl)c1. The minimum atomic E-state index is -0.449. The molecule has 0 aliphatic heterocycles. The molecule has 0 saturated carbocycles. The molecule has 3 aromatic rings. The molecular formula is C21H21Cl2N3OS. The van der Waals surface area contributed by atoms with Crippen LogP contribution in [0, 0.1) is 0 Å². The van der Waals surface area contributed by atoms with Gasteiger partial charge in [0, 0.05) is 17.1 Å². The van der Waals surface area contributed by atoms with E-state index in [1.54, 1.807) is 12.3 Å². The van der Waals surface area contributed by atoms with E-state index in [0.29, 0.717) is 10.0 Å². The summed E-state index contributed by atoms with van der Waals surface area (Å²) in [5, 5.41) is 10.1. The number of carbonyl (C=O) groups is 1. The maximum absolute atomic E-state index is 12.7. The van der Waals surface area contributed by atoms with Gasteiger partial charge in [-0.05, 0) is 37.1 Å². The van der Waals surface area contributed by atoms with E-state index in [1.807, 2.05) is 61.7 Å². The molecule has 1 heterocycles. The number of nitrogens with one attached hydrogen (secondary N) is 2. The van der Waals surface area contributed by atoms with E-state index >= 15 is 0 Å². The molecule has 1 aromatic heterocycles. The lowest BCUT2D eigenvalue weighted by atomic mass is 9.94. The molecule has 0 bridgehead atoms. The van der Waals surface area contributed by atoms with Crippen molar-refractivity contribution in [3.8, 4) is 0 Å². The van der Waals surface area contributed by atoms with Gasteiger partial charge in [0.15, 0.2) is 0 Å². The monoisotopic (exact) mass is 433 g/mol. The van der Waals surface area contributed by atoms with Crippen molar-refractivity contribution in [2.24, 2.45) is 0 Å². The van der Waals surface area contributed by atoms with Crippen LogP contribution in [0.2, 0.25) is 10.0 Å². The third-order valence-corrected chi connectivity index (χ3v) is 6.05. The Labute approximate surface area is 178 Å². The zero-order chi connectivity index (χ0) is 20.1. The maximum atomic E-state index is 12.7. The number of hydrogen-bond acceptors (Lipinski definition) is 4. The summed E-state index contributed by atoms with van der Waals surface area (Å²) in [7, 11) is 0. The summed E-state index contributed by atoms with van der Waals surface area (Å²) >= 11 is 13.7. The molecule has 1 unspecified atom stereocenters. The lowest BCUT2D eigenvalue weighted by Crippen LogP contribution is -2.44. The number of hydrogen-bond donors (Lipinski definition) is 2. The Hall–Kier alpha value is -1.92. The zero-order valence-electron chi connectivity index (χ0n) is 15.6. The summed E-state index contributed by atoms with van der Waals surface area (Å²) < 4.78 is 0. The molecule has 1 amide bonds. The fourth-order valence-electron chi connectivity index (χ4n) is 2.81. The number of carbonyl (C=O) groups excluding carboxylic acids is 1. The summed E-state index contributed by atoms with van der Waals surface area (Å²) in [6, 6.07) is 15.0. The Morgan fingerprint density at radius 2 is 1.89 bits per heavy atom. The van der Waals surface area contributed by atoms with Gasteiger partial charge >= 0.3 is 0 Å². The molecule has 3 rings (SSSR count). The van der Waals surface area contributed by atoms with Crippen LogP contribution >= 0.6 is 34.5 Å². The number of aromatic nitrogens is 1. The van der Waals surface area contributed by atoms with Crippen molar-refractivity contribution in [3.05, 3.63) is 86.3 Å². The van der Waals surface area contributed by atoms with Crippen LogP contribution in [0.15, 0.2) is 60.1 Å². The molecule has 146 valence electrons. The molecule has 0 aliphatic carbocycles. The van der Waals surface area contributed by atoms with Gasteiger partial charge in [0.25, 0.3) is 0 Å². The predicted molar refractivity (Wildman–Crippen MR) is 116 cm³/mol. The van der Waals surface area contributed by atoms with E-state index in [2.05, 4.69) is 15.6 Å². The van der Waals surface area contributed by atoms with Gasteiger partial charge in [0.2, 0.25) is 5.91 Å². The lowest BCUT2D eigenvalue weighted by Gasteiger charge is -2.27. The first kappa shape index (κ1) is 20.8. The molecule has 7 heteroatoms. The average molecular weight is 434 g/mol. The molecule has 0 fully saturated rings. The summed E-state index contributed by atoms with van der Waals surface area (Å²) in [6.07, 6.45) is 1.74. The minimum Gasteiger partial charge on any atom is -0.342 e. The number of benzene rings is 2. The Bertz CT molecular complexity index is 930. The van der Waals surface area contributed by atoms with E-state index in [0.717, 1.165) is 16.1 Å². The van der Waals surface area contributed by atoms with Gasteiger partial charge < -0.3 is 5.32 Å². The van der Waals surface area contributed by atoms with Gasteiger partial charge in [-0.25, -0.2) is 4.98 Å². The molecule has 4 nitrogen and oxygen atoms in total. The van der Waals surface area contributed by atoms with Gasteiger partial charge in [-0.15, -0.1) is 11.3 Å². The van der Waals surface area contributed by atoms with Gasteiger partial charge in [-0.1, -0.05) is 59.6 Å². The van der Waals surface area contributed by atoms with Crippen LogP contribution in [-0.2, 0) is 10.3 Å². The summed E-state index contributed by atoms with van der Waals surface area (Å²) in [6.45, 7) is 4.15. The highest BCUT2D eigenvalue weighted by atomic mass is 35.5. The molecule has 28 heavy (non-hydrogen) atoms. The molecule has 0 aliphatic rings. The van der Waals surface area contributed by atoms with Crippen molar-refractivity contribution in [1.29, 1.82) is 0 Å². The second-order valence-electron chi connectivity index (χ2n) is 6.89. The molecule has 0 saturated heterocycles. The van der Waals surface area contributed by atoms with E-state index < -0.39 is 5.54 Å². The van der Waals surface area contributed by atoms with Crippen LogP contribution in [0.1, 0.15) is 36.0 Å². The third kappa shape index (κ3) is 5.11. The number of nitrogens with zero attached hydrogens (tertiary/aromatic N) is 1. The number of halogens is 2. The van der Waals surface area contributed by atoms with E-state index in [9.17, 15) is 4.79 Å². The van der Waals surface area contributed by atoms with Crippen LogP contribution in [-0.4, -0.2) is 17.4 Å². The van der Waals surface area contributed by atoms with Crippen molar-refractivity contribution < 1.29 is 4.79 Å². The molecule has 0 spiro atoms. The largest absolute Gasteiger partial charge is 0.342 e. The van der Waals surface area contributed by atoms with Crippen LogP contribution < -0.4 is 10.6 Å². The second-order valence-corrected chi connectivity index (χ2v) is 8.63. The predicted octanol–water partition coefficient (Wildman–Crippen LogP) is 5.18. The zero-order valence-corrected chi connectivity index (χ0v) is 17.9. The van der Waals surface area contributed by atoms with Crippen LogP contribution in [0.5, 0.6) is 0 Å². The quantitative estimate of drug-likeness (QED) is 0.539. The van der Waals surface area contributed by atoms with Crippen molar-refractivity contribution in [1.82, 2.24) is 15.6 Å². The highest BCUT2D eigenvalue weighted by molar-refractivity contribution is 7.09. The maximum Gasteiger partial charge on any atom is 0.234 e. The molecule has 0 radical (unpaired) electrons. The van der Waals surface area contributed by atoms with Crippen molar-refractivity contribution in [2.75, 3.05) is 6.54 Å².